The van der Waals surface area contributed by atoms with Gasteiger partial charge in [0.05, 0.1) is 6.10 Å². The minimum absolute atomic E-state index is 0.134. The number of rotatable bonds is 5. The van der Waals surface area contributed by atoms with Crippen molar-refractivity contribution in [2.75, 3.05) is 6.54 Å². The number of benzene rings is 2. The molecule has 0 heterocycles. The molecule has 2 aromatic rings. The predicted molar refractivity (Wildman–Crippen MR) is 75.4 cm³/mol. The molecule has 1 atom stereocenters. The monoisotopic (exact) mass is 297 g/mol. The maximum atomic E-state index is 14.3. The van der Waals surface area contributed by atoms with Gasteiger partial charge < -0.3 is 5.11 Å². The Labute approximate surface area is 117 Å². The van der Waals surface area contributed by atoms with Crippen molar-refractivity contribution in [2.45, 2.75) is 24.3 Å². The molecular formula is C14H16FNO3S. The van der Waals surface area contributed by atoms with E-state index < -0.39 is 26.8 Å². The molecule has 0 amide bonds. The number of hydrogen-bond acceptors (Lipinski definition) is 3. The first-order chi connectivity index (χ1) is 9.45. The van der Waals surface area contributed by atoms with Gasteiger partial charge in [0, 0.05) is 11.9 Å². The predicted octanol–water partition coefficient (Wildman–Crippen LogP) is 2.03. The van der Waals surface area contributed by atoms with Crippen molar-refractivity contribution < 1.29 is 17.9 Å². The molecule has 0 saturated carbocycles. The van der Waals surface area contributed by atoms with Crippen molar-refractivity contribution in [3.63, 3.8) is 0 Å². The summed E-state index contributed by atoms with van der Waals surface area (Å²) in [6.07, 6.45) is -0.365. The Kier molecular flexibility index (Phi) is 4.37. The second-order valence-electron chi connectivity index (χ2n) is 4.51. The van der Waals surface area contributed by atoms with E-state index in [2.05, 4.69) is 4.72 Å². The number of fused-ring (bicyclic) bond motifs is 1. The van der Waals surface area contributed by atoms with Crippen LogP contribution >= 0.6 is 0 Å². The molecular weight excluding hydrogens is 281 g/mol. The van der Waals surface area contributed by atoms with Crippen LogP contribution in [-0.4, -0.2) is 26.2 Å². The van der Waals surface area contributed by atoms with Crippen LogP contribution < -0.4 is 4.72 Å². The summed E-state index contributed by atoms with van der Waals surface area (Å²) >= 11 is 0. The molecule has 0 aliphatic carbocycles. The SMILES string of the molecule is CCC(O)CNS(=O)(=O)c1ccc2ccccc2c1F. The Morgan fingerprint density at radius 3 is 2.65 bits per heavy atom. The highest BCUT2D eigenvalue weighted by Gasteiger charge is 2.21. The minimum atomic E-state index is -3.97. The van der Waals surface area contributed by atoms with Gasteiger partial charge in [-0.15, -0.1) is 0 Å². The minimum Gasteiger partial charge on any atom is -0.392 e. The molecule has 2 rings (SSSR count). The van der Waals surface area contributed by atoms with Crippen LogP contribution in [0.2, 0.25) is 0 Å². The Morgan fingerprint density at radius 2 is 1.95 bits per heavy atom. The highest BCUT2D eigenvalue weighted by molar-refractivity contribution is 7.89. The fourth-order valence-corrected chi connectivity index (χ4v) is 3.01. The molecule has 2 N–H and O–H groups in total. The molecule has 0 radical (unpaired) electrons. The summed E-state index contributed by atoms with van der Waals surface area (Å²) in [5.41, 5.74) is 0. The Hall–Kier alpha value is -1.50. The number of hydrogen-bond donors (Lipinski definition) is 2. The summed E-state index contributed by atoms with van der Waals surface area (Å²) in [5.74, 6) is -0.776. The van der Waals surface area contributed by atoms with Crippen molar-refractivity contribution in [2.24, 2.45) is 0 Å². The number of aliphatic hydroxyl groups is 1. The van der Waals surface area contributed by atoms with E-state index in [4.69, 9.17) is 0 Å². The number of sulfonamides is 1. The van der Waals surface area contributed by atoms with Gasteiger partial charge in [-0.3, -0.25) is 0 Å². The van der Waals surface area contributed by atoms with E-state index in [1.807, 2.05) is 0 Å². The van der Waals surface area contributed by atoms with E-state index in [9.17, 15) is 17.9 Å². The third kappa shape index (κ3) is 2.98. The lowest BCUT2D eigenvalue weighted by molar-refractivity contribution is 0.174. The summed E-state index contributed by atoms with van der Waals surface area (Å²) < 4.78 is 40.6. The highest BCUT2D eigenvalue weighted by atomic mass is 32.2. The molecule has 0 bridgehead atoms. The largest absolute Gasteiger partial charge is 0.392 e. The quantitative estimate of drug-likeness (QED) is 0.887. The van der Waals surface area contributed by atoms with Gasteiger partial charge in [-0.1, -0.05) is 37.3 Å². The van der Waals surface area contributed by atoms with Crippen molar-refractivity contribution in [3.05, 3.63) is 42.2 Å². The Balaban J connectivity index is 2.39. The summed E-state index contributed by atoms with van der Waals surface area (Å²) in [6, 6.07) is 9.44. The average Bonchev–Trinajstić information content (AvgIpc) is 2.45. The van der Waals surface area contributed by atoms with Crippen LogP contribution in [0, 0.1) is 5.82 Å². The lowest BCUT2D eigenvalue weighted by atomic mass is 10.1. The number of nitrogens with one attached hydrogen (secondary N) is 1. The Bertz CT molecular complexity index is 715. The van der Waals surface area contributed by atoms with Gasteiger partial charge in [0.15, 0.2) is 5.82 Å². The number of aliphatic hydroxyl groups excluding tert-OH is 1. The molecule has 20 heavy (non-hydrogen) atoms. The molecule has 108 valence electrons. The molecule has 0 aliphatic heterocycles. The molecule has 0 aliphatic rings. The second kappa shape index (κ2) is 5.87. The van der Waals surface area contributed by atoms with Crippen LogP contribution in [0.4, 0.5) is 4.39 Å². The smallest absolute Gasteiger partial charge is 0.243 e. The lowest BCUT2D eigenvalue weighted by Gasteiger charge is -2.11. The molecule has 4 nitrogen and oxygen atoms in total. The maximum Gasteiger partial charge on any atom is 0.243 e. The maximum absolute atomic E-state index is 14.3. The van der Waals surface area contributed by atoms with Crippen molar-refractivity contribution in [1.82, 2.24) is 4.72 Å². The van der Waals surface area contributed by atoms with Crippen molar-refractivity contribution in [3.8, 4) is 0 Å². The first-order valence-corrected chi connectivity index (χ1v) is 7.79. The standard InChI is InChI=1S/C14H16FNO3S/c1-2-11(17)9-16-20(18,19)13-8-7-10-5-3-4-6-12(10)14(13)15/h3-8,11,16-17H,2,9H2,1H3. The first kappa shape index (κ1) is 14.9. The number of halogens is 1. The molecule has 0 saturated heterocycles. The zero-order valence-corrected chi connectivity index (χ0v) is 11.8. The van der Waals surface area contributed by atoms with Crippen molar-refractivity contribution in [1.29, 1.82) is 0 Å². The van der Waals surface area contributed by atoms with E-state index in [1.54, 1.807) is 31.2 Å². The van der Waals surface area contributed by atoms with Gasteiger partial charge in [0.25, 0.3) is 0 Å². The average molecular weight is 297 g/mol. The molecule has 0 aromatic heterocycles. The summed E-state index contributed by atoms with van der Waals surface area (Å²) in [6.45, 7) is 1.60. The molecule has 0 spiro atoms. The fourth-order valence-electron chi connectivity index (χ4n) is 1.85. The molecule has 1 unspecified atom stereocenters. The topological polar surface area (TPSA) is 66.4 Å². The summed E-state index contributed by atoms with van der Waals surface area (Å²) in [4.78, 5) is -0.403. The second-order valence-corrected chi connectivity index (χ2v) is 6.25. The van der Waals surface area contributed by atoms with E-state index in [0.29, 0.717) is 11.8 Å². The molecule has 2 aromatic carbocycles. The zero-order valence-electron chi connectivity index (χ0n) is 11.0. The molecule has 0 fully saturated rings. The van der Waals surface area contributed by atoms with Crippen molar-refractivity contribution >= 4 is 20.8 Å². The van der Waals surface area contributed by atoms with Gasteiger partial charge in [-0.25, -0.2) is 17.5 Å². The fraction of sp³-hybridized carbons (Fsp3) is 0.286. The normalized spacial score (nSPS) is 13.6. The van der Waals surface area contributed by atoms with E-state index >= 15 is 0 Å². The third-order valence-electron chi connectivity index (χ3n) is 3.10. The van der Waals surface area contributed by atoms with Crippen LogP contribution in [-0.2, 0) is 10.0 Å². The summed E-state index contributed by atoms with van der Waals surface area (Å²) in [5, 5.41) is 10.3. The third-order valence-corrected chi connectivity index (χ3v) is 4.54. The van der Waals surface area contributed by atoms with E-state index in [0.717, 1.165) is 0 Å². The summed E-state index contributed by atoms with van der Waals surface area (Å²) in [7, 11) is -3.97. The van der Waals surface area contributed by atoms with Gasteiger partial charge >= 0.3 is 0 Å². The molecule has 6 heteroatoms. The van der Waals surface area contributed by atoms with Crippen LogP contribution in [0.3, 0.4) is 0 Å². The highest BCUT2D eigenvalue weighted by Crippen LogP contribution is 2.23. The van der Waals surface area contributed by atoms with Gasteiger partial charge in [0.2, 0.25) is 10.0 Å². The first-order valence-electron chi connectivity index (χ1n) is 6.30. The van der Waals surface area contributed by atoms with Crippen LogP contribution in [0.5, 0.6) is 0 Å². The zero-order chi connectivity index (χ0) is 14.8. The van der Waals surface area contributed by atoms with Crippen LogP contribution in [0.1, 0.15) is 13.3 Å². The van der Waals surface area contributed by atoms with Crippen LogP contribution in [0.25, 0.3) is 10.8 Å². The van der Waals surface area contributed by atoms with Gasteiger partial charge in [-0.05, 0) is 17.9 Å². The van der Waals surface area contributed by atoms with Gasteiger partial charge in [-0.2, -0.15) is 0 Å². The van der Waals surface area contributed by atoms with E-state index in [1.165, 1.54) is 12.1 Å². The van der Waals surface area contributed by atoms with Crippen LogP contribution in [0.15, 0.2) is 41.3 Å². The van der Waals surface area contributed by atoms with E-state index in [-0.39, 0.29) is 11.9 Å². The Morgan fingerprint density at radius 1 is 1.25 bits per heavy atom. The van der Waals surface area contributed by atoms with Gasteiger partial charge in [0.1, 0.15) is 4.90 Å². The lowest BCUT2D eigenvalue weighted by Crippen LogP contribution is -2.32.